The fourth-order valence-electron chi connectivity index (χ4n) is 3.17. The topological polar surface area (TPSA) is 75.0 Å². The third-order valence-electron chi connectivity index (χ3n) is 4.33. The van der Waals surface area contributed by atoms with E-state index in [0.717, 1.165) is 25.9 Å². The first-order valence-electron chi connectivity index (χ1n) is 8.11. The standard InChI is InChI=1S/C18H18N4O2/c23-16-10-4-8-14(19-16)17-20-18(24-21-17)15-9-5-11-22(15)12-13-6-2-1-3-7-13/h1-4,6-8,10,15H,5,9,11-12H2,(H,19,23)/t15-/m0/s1. The molecule has 1 N–H and O–H groups in total. The Bertz CT molecular complexity index is 872. The van der Waals surface area contributed by atoms with Crippen molar-refractivity contribution in [2.75, 3.05) is 6.54 Å². The fraction of sp³-hybridized carbons (Fsp3) is 0.278. The molecule has 6 heteroatoms. The average molecular weight is 322 g/mol. The van der Waals surface area contributed by atoms with Crippen LogP contribution in [0.3, 0.4) is 0 Å². The molecule has 0 amide bonds. The van der Waals surface area contributed by atoms with Gasteiger partial charge in [-0.2, -0.15) is 4.98 Å². The second-order valence-corrected chi connectivity index (χ2v) is 6.00. The Morgan fingerprint density at radius 3 is 2.88 bits per heavy atom. The van der Waals surface area contributed by atoms with Crippen LogP contribution in [0, 0.1) is 0 Å². The van der Waals surface area contributed by atoms with Gasteiger partial charge in [0.25, 0.3) is 0 Å². The first-order chi connectivity index (χ1) is 11.8. The van der Waals surface area contributed by atoms with E-state index in [9.17, 15) is 4.79 Å². The van der Waals surface area contributed by atoms with Crippen molar-refractivity contribution in [3.05, 3.63) is 70.3 Å². The minimum atomic E-state index is -0.176. The predicted octanol–water partition coefficient (Wildman–Crippen LogP) is 2.76. The summed E-state index contributed by atoms with van der Waals surface area (Å²) in [5.41, 5.74) is 1.67. The molecule has 122 valence electrons. The van der Waals surface area contributed by atoms with E-state index in [-0.39, 0.29) is 11.6 Å². The third-order valence-corrected chi connectivity index (χ3v) is 4.33. The molecule has 1 saturated heterocycles. The van der Waals surface area contributed by atoms with E-state index < -0.39 is 0 Å². The largest absolute Gasteiger partial charge is 0.337 e. The van der Waals surface area contributed by atoms with Gasteiger partial charge in [-0.15, -0.1) is 0 Å². The lowest BCUT2D eigenvalue weighted by atomic mass is 10.2. The summed E-state index contributed by atoms with van der Waals surface area (Å²) in [6.07, 6.45) is 2.11. The van der Waals surface area contributed by atoms with Gasteiger partial charge in [-0.05, 0) is 31.0 Å². The summed E-state index contributed by atoms with van der Waals surface area (Å²) >= 11 is 0. The smallest absolute Gasteiger partial charge is 0.248 e. The first-order valence-corrected chi connectivity index (χ1v) is 8.11. The van der Waals surface area contributed by atoms with Crippen LogP contribution in [-0.2, 0) is 6.54 Å². The molecule has 1 atom stereocenters. The summed E-state index contributed by atoms with van der Waals surface area (Å²) in [4.78, 5) is 21.0. The summed E-state index contributed by atoms with van der Waals surface area (Å²) in [7, 11) is 0. The maximum absolute atomic E-state index is 11.4. The Labute approximate surface area is 139 Å². The Kier molecular flexibility index (Phi) is 3.96. The predicted molar refractivity (Wildman–Crippen MR) is 89.2 cm³/mol. The molecule has 24 heavy (non-hydrogen) atoms. The van der Waals surface area contributed by atoms with Crippen molar-refractivity contribution in [2.45, 2.75) is 25.4 Å². The zero-order chi connectivity index (χ0) is 16.4. The second-order valence-electron chi connectivity index (χ2n) is 6.00. The molecule has 1 fully saturated rings. The average Bonchev–Trinajstić information content (AvgIpc) is 3.25. The molecule has 0 radical (unpaired) electrons. The van der Waals surface area contributed by atoms with Gasteiger partial charge >= 0.3 is 0 Å². The van der Waals surface area contributed by atoms with E-state index in [4.69, 9.17) is 4.52 Å². The van der Waals surface area contributed by atoms with Gasteiger partial charge in [0.2, 0.25) is 17.3 Å². The Morgan fingerprint density at radius 1 is 1.17 bits per heavy atom. The lowest BCUT2D eigenvalue weighted by Gasteiger charge is -2.21. The van der Waals surface area contributed by atoms with Gasteiger partial charge in [0.1, 0.15) is 0 Å². The Balaban J connectivity index is 1.56. The monoisotopic (exact) mass is 322 g/mol. The van der Waals surface area contributed by atoms with E-state index in [1.807, 2.05) is 6.07 Å². The molecule has 1 aliphatic heterocycles. The fourth-order valence-corrected chi connectivity index (χ4v) is 3.17. The van der Waals surface area contributed by atoms with Gasteiger partial charge in [-0.25, -0.2) is 0 Å². The highest BCUT2D eigenvalue weighted by molar-refractivity contribution is 5.47. The molecule has 4 rings (SSSR count). The SMILES string of the molecule is O=c1cccc(-c2noc([C@@H]3CCCN3Cc3ccccc3)n2)[nH]1. The first kappa shape index (κ1) is 14.8. The van der Waals surface area contributed by atoms with Crippen LogP contribution in [0.2, 0.25) is 0 Å². The summed E-state index contributed by atoms with van der Waals surface area (Å²) in [5, 5.41) is 4.03. The molecule has 3 heterocycles. The minimum Gasteiger partial charge on any atom is -0.337 e. The van der Waals surface area contributed by atoms with Crippen LogP contribution in [0.4, 0.5) is 0 Å². The van der Waals surface area contributed by atoms with Gasteiger partial charge in [0, 0.05) is 12.6 Å². The molecule has 3 aromatic rings. The number of nitrogens with one attached hydrogen (secondary N) is 1. The number of aromatic nitrogens is 3. The van der Waals surface area contributed by atoms with Crippen molar-refractivity contribution < 1.29 is 4.52 Å². The molecule has 0 spiro atoms. The molecule has 2 aromatic heterocycles. The number of nitrogens with zero attached hydrogens (tertiary/aromatic N) is 3. The summed E-state index contributed by atoms with van der Waals surface area (Å²) < 4.78 is 5.49. The van der Waals surface area contributed by atoms with Crippen molar-refractivity contribution in [3.8, 4) is 11.5 Å². The minimum absolute atomic E-state index is 0.127. The second kappa shape index (κ2) is 6.41. The summed E-state index contributed by atoms with van der Waals surface area (Å²) in [6, 6.07) is 15.4. The highest BCUT2D eigenvalue weighted by atomic mass is 16.5. The number of H-pyrrole nitrogens is 1. The van der Waals surface area contributed by atoms with Crippen molar-refractivity contribution >= 4 is 0 Å². The molecule has 6 nitrogen and oxygen atoms in total. The lowest BCUT2D eigenvalue weighted by Crippen LogP contribution is -2.23. The summed E-state index contributed by atoms with van der Waals surface area (Å²) in [6.45, 7) is 1.88. The van der Waals surface area contributed by atoms with Gasteiger partial charge < -0.3 is 9.51 Å². The van der Waals surface area contributed by atoms with Gasteiger partial charge in [0.15, 0.2) is 0 Å². The van der Waals surface area contributed by atoms with Crippen molar-refractivity contribution in [1.29, 1.82) is 0 Å². The molecular weight excluding hydrogens is 304 g/mol. The summed E-state index contributed by atoms with van der Waals surface area (Å²) in [5.74, 6) is 1.04. The molecule has 0 saturated carbocycles. The zero-order valence-electron chi connectivity index (χ0n) is 13.2. The van der Waals surface area contributed by atoms with Gasteiger partial charge in [-0.1, -0.05) is 41.6 Å². The van der Waals surface area contributed by atoms with E-state index in [1.54, 1.807) is 12.1 Å². The number of rotatable bonds is 4. The maximum atomic E-state index is 11.4. The molecular formula is C18H18N4O2. The molecule has 0 bridgehead atoms. The van der Waals surface area contributed by atoms with E-state index in [1.165, 1.54) is 11.6 Å². The van der Waals surface area contributed by atoms with Crippen LogP contribution in [0.15, 0.2) is 57.8 Å². The zero-order valence-corrected chi connectivity index (χ0v) is 13.2. The number of hydrogen-bond acceptors (Lipinski definition) is 5. The molecule has 0 unspecified atom stereocenters. The number of hydrogen-bond donors (Lipinski definition) is 1. The quantitative estimate of drug-likeness (QED) is 0.799. The van der Waals surface area contributed by atoms with Gasteiger partial charge in [0.05, 0.1) is 11.7 Å². The number of aromatic amines is 1. The van der Waals surface area contributed by atoms with E-state index in [0.29, 0.717) is 17.4 Å². The Hall–Kier alpha value is -2.73. The van der Waals surface area contributed by atoms with Crippen LogP contribution >= 0.6 is 0 Å². The number of pyridine rings is 1. The highest BCUT2D eigenvalue weighted by Gasteiger charge is 2.30. The van der Waals surface area contributed by atoms with Crippen LogP contribution in [0.1, 0.15) is 30.3 Å². The van der Waals surface area contributed by atoms with Crippen molar-refractivity contribution in [1.82, 2.24) is 20.0 Å². The number of benzene rings is 1. The third kappa shape index (κ3) is 3.00. The maximum Gasteiger partial charge on any atom is 0.248 e. The number of likely N-dealkylation sites (tertiary alicyclic amines) is 1. The van der Waals surface area contributed by atoms with Crippen molar-refractivity contribution in [2.24, 2.45) is 0 Å². The van der Waals surface area contributed by atoms with Crippen LogP contribution in [0.5, 0.6) is 0 Å². The van der Waals surface area contributed by atoms with Crippen LogP contribution < -0.4 is 5.56 Å². The molecule has 1 aromatic carbocycles. The van der Waals surface area contributed by atoms with Crippen LogP contribution in [0.25, 0.3) is 11.5 Å². The normalized spacial score (nSPS) is 18.1. The van der Waals surface area contributed by atoms with E-state index in [2.05, 4.69) is 44.3 Å². The molecule has 0 aliphatic carbocycles. The van der Waals surface area contributed by atoms with Gasteiger partial charge in [-0.3, -0.25) is 9.69 Å². The van der Waals surface area contributed by atoms with E-state index >= 15 is 0 Å². The highest BCUT2D eigenvalue weighted by Crippen LogP contribution is 2.32. The molecule has 1 aliphatic rings. The van der Waals surface area contributed by atoms with Crippen molar-refractivity contribution in [3.63, 3.8) is 0 Å². The van der Waals surface area contributed by atoms with Crippen LogP contribution in [-0.4, -0.2) is 26.6 Å². The lowest BCUT2D eigenvalue weighted by molar-refractivity contribution is 0.201. The Morgan fingerprint density at radius 2 is 2.04 bits per heavy atom.